The molecular weight excluding hydrogens is 372 g/mol. The zero-order valence-corrected chi connectivity index (χ0v) is 18.3. The van der Waals surface area contributed by atoms with Gasteiger partial charge in [-0.1, -0.05) is 57.2 Å². The van der Waals surface area contributed by atoms with Crippen molar-refractivity contribution in [2.75, 3.05) is 17.1 Å². The molecule has 6 heteroatoms. The smallest absolute Gasteiger partial charge is 0.241 e. The van der Waals surface area contributed by atoms with E-state index >= 15 is 0 Å². The van der Waals surface area contributed by atoms with Crippen molar-refractivity contribution in [2.24, 2.45) is 0 Å². The van der Waals surface area contributed by atoms with Crippen molar-refractivity contribution >= 4 is 21.6 Å². The average molecular weight is 403 g/mol. The SMILES string of the molecule is Cc1cccc(N(CC(=O)NC(C)c2ccc(C(C)(C)C)cc2)S(C)(=O)=O)c1. The largest absolute Gasteiger partial charge is 0.348 e. The monoisotopic (exact) mass is 402 g/mol. The maximum atomic E-state index is 12.6. The third kappa shape index (κ3) is 5.83. The second-order valence-corrected chi connectivity index (χ2v) is 10.2. The lowest BCUT2D eigenvalue weighted by atomic mass is 9.86. The highest BCUT2D eigenvalue weighted by molar-refractivity contribution is 7.92. The number of amides is 1. The molecule has 0 bridgehead atoms. The molecule has 152 valence electrons. The first kappa shape index (κ1) is 22.0. The molecule has 2 rings (SSSR count). The van der Waals surface area contributed by atoms with Crippen LogP contribution in [0.4, 0.5) is 5.69 Å². The quantitative estimate of drug-likeness (QED) is 0.796. The molecule has 28 heavy (non-hydrogen) atoms. The maximum Gasteiger partial charge on any atom is 0.241 e. The molecule has 1 unspecified atom stereocenters. The Labute approximate surface area is 168 Å². The van der Waals surface area contributed by atoms with Gasteiger partial charge in [-0.15, -0.1) is 0 Å². The van der Waals surface area contributed by atoms with Crippen LogP contribution in [0.2, 0.25) is 0 Å². The second kappa shape index (κ2) is 8.35. The molecule has 1 atom stereocenters. The van der Waals surface area contributed by atoms with Gasteiger partial charge in [0.25, 0.3) is 0 Å². The second-order valence-electron chi connectivity index (χ2n) is 8.27. The molecule has 2 aromatic carbocycles. The predicted octanol–water partition coefficient (Wildman–Crippen LogP) is 3.94. The number of nitrogens with zero attached hydrogens (tertiary/aromatic N) is 1. The molecule has 5 nitrogen and oxygen atoms in total. The average Bonchev–Trinajstić information content (AvgIpc) is 2.58. The molecule has 0 radical (unpaired) electrons. The molecule has 0 aliphatic rings. The van der Waals surface area contributed by atoms with E-state index in [-0.39, 0.29) is 23.9 Å². The molecule has 0 fully saturated rings. The number of carbonyl (C=O) groups excluding carboxylic acids is 1. The molecule has 2 aromatic rings. The van der Waals surface area contributed by atoms with E-state index in [4.69, 9.17) is 0 Å². The topological polar surface area (TPSA) is 66.5 Å². The summed E-state index contributed by atoms with van der Waals surface area (Å²) in [6.45, 7) is 9.97. The van der Waals surface area contributed by atoms with Gasteiger partial charge in [0.1, 0.15) is 6.54 Å². The lowest BCUT2D eigenvalue weighted by Gasteiger charge is -2.24. The zero-order valence-electron chi connectivity index (χ0n) is 17.5. The van der Waals surface area contributed by atoms with E-state index in [1.807, 2.05) is 32.0 Å². The summed E-state index contributed by atoms with van der Waals surface area (Å²) in [6, 6.07) is 15.0. The number of nitrogens with one attached hydrogen (secondary N) is 1. The molecule has 0 saturated carbocycles. The highest BCUT2D eigenvalue weighted by Crippen LogP contribution is 2.24. The minimum Gasteiger partial charge on any atom is -0.348 e. The third-order valence-corrected chi connectivity index (χ3v) is 5.77. The van der Waals surface area contributed by atoms with E-state index in [0.29, 0.717) is 5.69 Å². The Hall–Kier alpha value is -2.34. The molecule has 0 aromatic heterocycles. The van der Waals surface area contributed by atoms with Crippen molar-refractivity contribution in [3.8, 4) is 0 Å². The normalized spacial score (nSPS) is 13.1. The summed E-state index contributed by atoms with van der Waals surface area (Å²) in [5.74, 6) is -0.348. The van der Waals surface area contributed by atoms with Crippen molar-refractivity contribution < 1.29 is 13.2 Å². The van der Waals surface area contributed by atoms with E-state index in [0.717, 1.165) is 21.7 Å². The van der Waals surface area contributed by atoms with Gasteiger partial charge in [-0.25, -0.2) is 8.42 Å². The van der Waals surface area contributed by atoms with Crippen LogP contribution >= 0.6 is 0 Å². The first-order valence-corrected chi connectivity index (χ1v) is 11.2. The van der Waals surface area contributed by atoms with Gasteiger partial charge < -0.3 is 5.32 Å². The lowest BCUT2D eigenvalue weighted by Crippen LogP contribution is -2.41. The number of benzene rings is 2. The number of anilines is 1. The van der Waals surface area contributed by atoms with Crippen LogP contribution in [0.15, 0.2) is 48.5 Å². The van der Waals surface area contributed by atoms with Crippen molar-refractivity contribution in [3.05, 3.63) is 65.2 Å². The van der Waals surface area contributed by atoms with Gasteiger partial charge >= 0.3 is 0 Å². The molecule has 0 saturated heterocycles. The Bertz CT molecular complexity index is 929. The van der Waals surface area contributed by atoms with Crippen LogP contribution in [0.5, 0.6) is 0 Å². The van der Waals surface area contributed by atoms with Gasteiger partial charge in [0, 0.05) is 0 Å². The van der Waals surface area contributed by atoms with Crippen LogP contribution in [-0.4, -0.2) is 27.1 Å². The van der Waals surface area contributed by atoms with Gasteiger partial charge in [0.05, 0.1) is 18.0 Å². The van der Waals surface area contributed by atoms with Crippen molar-refractivity contribution in [2.45, 2.75) is 46.1 Å². The van der Waals surface area contributed by atoms with E-state index in [1.165, 1.54) is 5.56 Å². The van der Waals surface area contributed by atoms with E-state index in [9.17, 15) is 13.2 Å². The summed E-state index contributed by atoms with van der Waals surface area (Å²) in [7, 11) is -3.58. The Balaban J connectivity index is 2.12. The minimum absolute atomic E-state index is 0.0643. The van der Waals surface area contributed by atoms with Crippen LogP contribution < -0.4 is 9.62 Å². The van der Waals surface area contributed by atoms with Crippen LogP contribution in [0.3, 0.4) is 0 Å². The molecule has 0 spiro atoms. The Kier molecular flexibility index (Phi) is 6.55. The highest BCUT2D eigenvalue weighted by Gasteiger charge is 2.22. The zero-order chi connectivity index (χ0) is 21.1. The standard InChI is InChI=1S/C22H30N2O3S/c1-16-8-7-9-20(14-16)24(28(6,26)27)15-21(25)23-17(2)18-10-12-19(13-11-18)22(3,4)5/h7-14,17H,15H2,1-6H3,(H,23,25). The van der Waals surface area contributed by atoms with Crippen molar-refractivity contribution in [3.63, 3.8) is 0 Å². The van der Waals surface area contributed by atoms with E-state index < -0.39 is 10.0 Å². The minimum atomic E-state index is -3.58. The van der Waals surface area contributed by atoms with Crippen molar-refractivity contribution in [1.29, 1.82) is 0 Å². The summed E-state index contributed by atoms with van der Waals surface area (Å²) in [4.78, 5) is 12.6. The number of aryl methyl sites for hydroxylation is 1. The van der Waals surface area contributed by atoms with Crippen molar-refractivity contribution in [1.82, 2.24) is 5.32 Å². The predicted molar refractivity (Wildman–Crippen MR) is 115 cm³/mol. The lowest BCUT2D eigenvalue weighted by molar-refractivity contribution is -0.120. The Morgan fingerprint density at radius 3 is 2.21 bits per heavy atom. The Morgan fingerprint density at radius 1 is 1.11 bits per heavy atom. The Morgan fingerprint density at radius 2 is 1.71 bits per heavy atom. The van der Waals surface area contributed by atoms with Gasteiger partial charge in [-0.05, 0) is 48.1 Å². The fourth-order valence-corrected chi connectivity index (χ4v) is 3.80. The number of hydrogen-bond acceptors (Lipinski definition) is 3. The van der Waals surface area contributed by atoms with Gasteiger partial charge in [-0.3, -0.25) is 9.10 Å². The van der Waals surface area contributed by atoms with Gasteiger partial charge in [-0.2, -0.15) is 0 Å². The van der Waals surface area contributed by atoms with Gasteiger partial charge in [0.2, 0.25) is 15.9 Å². The van der Waals surface area contributed by atoms with Crippen LogP contribution in [0, 0.1) is 6.92 Å². The number of rotatable bonds is 6. The first-order chi connectivity index (χ1) is 12.9. The first-order valence-electron chi connectivity index (χ1n) is 9.32. The molecule has 1 amide bonds. The summed E-state index contributed by atoms with van der Waals surface area (Å²) in [5.41, 5.74) is 3.67. The fourth-order valence-electron chi connectivity index (χ4n) is 2.96. The van der Waals surface area contributed by atoms with E-state index in [1.54, 1.807) is 18.2 Å². The summed E-state index contributed by atoms with van der Waals surface area (Å²) < 4.78 is 25.6. The third-order valence-electron chi connectivity index (χ3n) is 4.63. The fraction of sp³-hybridized carbons (Fsp3) is 0.409. The molecule has 0 aliphatic heterocycles. The van der Waals surface area contributed by atoms with Crippen LogP contribution in [-0.2, 0) is 20.2 Å². The number of sulfonamides is 1. The molecule has 0 aliphatic carbocycles. The van der Waals surface area contributed by atoms with Gasteiger partial charge in [0.15, 0.2) is 0 Å². The molecular formula is C22H30N2O3S. The highest BCUT2D eigenvalue weighted by atomic mass is 32.2. The maximum absolute atomic E-state index is 12.6. The summed E-state index contributed by atoms with van der Waals surface area (Å²) in [5, 5.41) is 2.90. The molecule has 0 heterocycles. The summed E-state index contributed by atoms with van der Waals surface area (Å²) in [6.07, 6.45) is 1.11. The van der Waals surface area contributed by atoms with Crippen LogP contribution in [0.25, 0.3) is 0 Å². The molecule has 1 N–H and O–H groups in total. The van der Waals surface area contributed by atoms with Crippen LogP contribution in [0.1, 0.15) is 50.4 Å². The summed E-state index contributed by atoms with van der Waals surface area (Å²) >= 11 is 0. The number of hydrogen-bond donors (Lipinski definition) is 1. The number of carbonyl (C=O) groups is 1. The van der Waals surface area contributed by atoms with E-state index in [2.05, 4.69) is 38.2 Å².